The first-order chi connectivity index (χ1) is 23.1. The number of allylic oxidation sites excluding steroid dienone is 6. The third-order valence-electron chi connectivity index (χ3n) is 9.87. The summed E-state index contributed by atoms with van der Waals surface area (Å²) in [7, 11) is 5.41. The molecule has 2 amide bonds. The maximum absolute atomic E-state index is 14.2. The van der Waals surface area contributed by atoms with E-state index < -0.39 is 23.7 Å². The van der Waals surface area contributed by atoms with Crippen molar-refractivity contribution < 1.29 is 29.0 Å². The van der Waals surface area contributed by atoms with E-state index in [1.54, 1.807) is 43.3 Å². The van der Waals surface area contributed by atoms with E-state index in [9.17, 15) is 24.3 Å². The summed E-state index contributed by atoms with van der Waals surface area (Å²) >= 11 is 0. The Morgan fingerprint density at radius 2 is 1.54 bits per heavy atom. The van der Waals surface area contributed by atoms with Crippen molar-refractivity contribution in [2.75, 3.05) is 31.0 Å². The summed E-state index contributed by atoms with van der Waals surface area (Å²) in [5.41, 5.74) is 4.93. The minimum Gasteiger partial charge on any atom is -0.507 e. The fourth-order valence-corrected chi connectivity index (χ4v) is 7.49. The summed E-state index contributed by atoms with van der Waals surface area (Å²) in [5, 5.41) is 19.7. The molecule has 0 unspecified atom stereocenters. The third kappa shape index (κ3) is 5.04. The second-order valence-corrected chi connectivity index (χ2v) is 12.8. The summed E-state index contributed by atoms with van der Waals surface area (Å²) in [6.07, 6.45) is 3.73. The van der Waals surface area contributed by atoms with Gasteiger partial charge in [-0.25, -0.2) is 0 Å². The number of aromatic hydroxyl groups is 1. The van der Waals surface area contributed by atoms with Gasteiger partial charge in [-0.05, 0) is 86.4 Å². The molecule has 0 bridgehead atoms. The van der Waals surface area contributed by atoms with Crippen molar-refractivity contribution in [2.24, 2.45) is 28.0 Å². The average molecular weight is 643 g/mol. The Balaban J connectivity index is 1.20. The molecule has 3 aliphatic carbocycles. The zero-order chi connectivity index (χ0) is 33.9. The van der Waals surface area contributed by atoms with Crippen LogP contribution in [0.1, 0.15) is 31.2 Å². The first kappa shape index (κ1) is 31.0. The molecular formula is C38H34N4O6. The fourth-order valence-electron chi connectivity index (χ4n) is 7.49. The topological polar surface area (TPSA) is 129 Å². The van der Waals surface area contributed by atoms with Gasteiger partial charge in [-0.1, -0.05) is 17.7 Å². The average Bonchev–Trinajstić information content (AvgIpc) is 3.35. The molecule has 0 spiro atoms. The number of methoxy groups -OCH3 is 1. The van der Waals surface area contributed by atoms with Crippen LogP contribution in [0.2, 0.25) is 0 Å². The number of ketones is 2. The molecule has 4 aliphatic rings. The maximum atomic E-state index is 14.2. The number of amides is 2. The Morgan fingerprint density at radius 3 is 2.17 bits per heavy atom. The summed E-state index contributed by atoms with van der Waals surface area (Å²) < 4.78 is 5.27. The van der Waals surface area contributed by atoms with Crippen LogP contribution in [0.3, 0.4) is 0 Å². The van der Waals surface area contributed by atoms with Crippen molar-refractivity contribution in [3.63, 3.8) is 0 Å². The van der Waals surface area contributed by atoms with Gasteiger partial charge in [0.25, 0.3) is 0 Å². The second kappa shape index (κ2) is 11.9. The van der Waals surface area contributed by atoms with Gasteiger partial charge in [0.2, 0.25) is 11.8 Å². The van der Waals surface area contributed by atoms with Crippen molar-refractivity contribution in [1.82, 2.24) is 0 Å². The van der Waals surface area contributed by atoms with Gasteiger partial charge in [0, 0.05) is 54.0 Å². The monoisotopic (exact) mass is 642 g/mol. The van der Waals surface area contributed by atoms with Gasteiger partial charge in [0.1, 0.15) is 11.5 Å². The molecule has 0 radical (unpaired) electrons. The van der Waals surface area contributed by atoms with Gasteiger partial charge in [-0.3, -0.25) is 24.1 Å². The van der Waals surface area contributed by atoms with E-state index in [0.717, 1.165) is 11.3 Å². The molecule has 3 aromatic carbocycles. The highest BCUT2D eigenvalue weighted by molar-refractivity contribution is 6.25. The summed E-state index contributed by atoms with van der Waals surface area (Å²) in [4.78, 5) is 58.3. The Bertz CT molecular complexity index is 2010. The van der Waals surface area contributed by atoms with Gasteiger partial charge >= 0.3 is 0 Å². The molecule has 242 valence electrons. The number of imide groups is 1. The van der Waals surface area contributed by atoms with E-state index in [4.69, 9.17) is 4.74 Å². The van der Waals surface area contributed by atoms with E-state index in [2.05, 4.69) is 10.2 Å². The number of anilines is 2. The van der Waals surface area contributed by atoms with Crippen LogP contribution >= 0.6 is 0 Å². The Kier molecular flexibility index (Phi) is 7.66. The van der Waals surface area contributed by atoms with E-state index in [1.165, 1.54) is 24.2 Å². The van der Waals surface area contributed by atoms with Gasteiger partial charge < -0.3 is 14.7 Å². The van der Waals surface area contributed by atoms with E-state index in [0.29, 0.717) is 51.5 Å². The summed E-state index contributed by atoms with van der Waals surface area (Å²) in [6, 6.07) is 19.3. The lowest BCUT2D eigenvalue weighted by Crippen LogP contribution is -2.39. The van der Waals surface area contributed by atoms with Crippen molar-refractivity contribution in [3.05, 3.63) is 107 Å². The second-order valence-electron chi connectivity index (χ2n) is 12.8. The molecule has 0 aromatic heterocycles. The molecule has 1 fully saturated rings. The lowest BCUT2D eigenvalue weighted by molar-refractivity contribution is -0.123. The Morgan fingerprint density at radius 1 is 0.875 bits per heavy atom. The number of hydrogen-bond donors (Lipinski definition) is 1. The molecule has 1 heterocycles. The number of phenols is 1. The molecule has 1 saturated heterocycles. The van der Waals surface area contributed by atoms with Crippen LogP contribution in [0, 0.1) is 17.8 Å². The molecule has 3 aromatic rings. The highest BCUT2D eigenvalue weighted by atomic mass is 16.5. The number of azo groups is 1. The minimum absolute atomic E-state index is 0.0836. The number of rotatable bonds is 6. The standard InChI is InChI=1S/C38H34N4O6/c1-20-17-32(44)35-30(36(20)45)19-29-26(33(35)27-14-13-25(48-4)18-31(27)43)15-16-28-34(29)38(47)42(37(28)46)24-11-7-22(8-12-24)40-39-21-5-9-23(10-6-21)41(2)3/h5-15,17-18,28-29,33-34,43H,16,19H2,1-4H3/t28-,29+,33+,34-/m0/s1. The molecule has 1 N–H and O–H groups in total. The van der Waals surface area contributed by atoms with Crippen molar-refractivity contribution in [3.8, 4) is 11.5 Å². The molecule has 48 heavy (non-hydrogen) atoms. The number of hydrogen-bond acceptors (Lipinski definition) is 9. The predicted molar refractivity (Wildman–Crippen MR) is 180 cm³/mol. The number of Topliss-reactive ketones (excluding diaryl/α,β-unsaturated/α-hetero) is 1. The van der Waals surface area contributed by atoms with Crippen molar-refractivity contribution in [1.29, 1.82) is 0 Å². The molecular weight excluding hydrogens is 608 g/mol. The van der Waals surface area contributed by atoms with Crippen LogP contribution in [0.15, 0.2) is 111 Å². The molecule has 10 nitrogen and oxygen atoms in total. The third-order valence-corrected chi connectivity index (χ3v) is 9.87. The lowest BCUT2D eigenvalue weighted by Gasteiger charge is -2.42. The number of phenolic OH excluding ortho intramolecular Hbond substituents is 1. The SMILES string of the molecule is COc1ccc([C@H]2C3=CC[C@@H]4C(=O)N(c5ccc(N=Nc6ccc(N(C)C)cc6)cc5)C(=O)[C@@H]4[C@@H]3CC3=C2C(=O)C=C(C)C3=O)c(O)c1. The highest BCUT2D eigenvalue weighted by Gasteiger charge is 2.56. The van der Waals surface area contributed by atoms with Crippen LogP contribution in [-0.4, -0.2) is 49.7 Å². The molecule has 4 atom stereocenters. The number of benzene rings is 3. The first-order valence-electron chi connectivity index (χ1n) is 15.8. The zero-order valence-corrected chi connectivity index (χ0v) is 27.0. The molecule has 1 aliphatic heterocycles. The van der Waals surface area contributed by atoms with E-state index >= 15 is 0 Å². The van der Waals surface area contributed by atoms with Gasteiger partial charge in [0.15, 0.2) is 11.6 Å². The van der Waals surface area contributed by atoms with Gasteiger partial charge in [0.05, 0.1) is 36.0 Å². The quantitative estimate of drug-likeness (QED) is 0.140. The molecule has 7 rings (SSSR count). The van der Waals surface area contributed by atoms with Crippen LogP contribution in [0.5, 0.6) is 11.5 Å². The molecule has 0 saturated carbocycles. The van der Waals surface area contributed by atoms with Crippen LogP contribution in [0.25, 0.3) is 0 Å². The van der Waals surface area contributed by atoms with Crippen LogP contribution < -0.4 is 14.5 Å². The highest BCUT2D eigenvalue weighted by Crippen LogP contribution is 2.56. The smallest absolute Gasteiger partial charge is 0.238 e. The predicted octanol–water partition coefficient (Wildman–Crippen LogP) is 6.52. The zero-order valence-electron chi connectivity index (χ0n) is 27.0. The van der Waals surface area contributed by atoms with E-state index in [-0.39, 0.29) is 35.6 Å². The van der Waals surface area contributed by atoms with Crippen LogP contribution in [-0.2, 0) is 19.2 Å². The molecule has 10 heteroatoms. The van der Waals surface area contributed by atoms with Gasteiger partial charge in [-0.2, -0.15) is 10.2 Å². The lowest BCUT2D eigenvalue weighted by atomic mass is 9.59. The number of ether oxygens (including phenoxy) is 1. The van der Waals surface area contributed by atoms with Gasteiger partial charge in [-0.15, -0.1) is 0 Å². The number of fused-ring (bicyclic) bond motifs is 3. The van der Waals surface area contributed by atoms with Crippen molar-refractivity contribution in [2.45, 2.75) is 25.7 Å². The van der Waals surface area contributed by atoms with Crippen molar-refractivity contribution >= 4 is 46.1 Å². The first-order valence-corrected chi connectivity index (χ1v) is 15.8. The largest absolute Gasteiger partial charge is 0.507 e. The number of carbonyl (C=O) groups excluding carboxylic acids is 4. The fraction of sp³-hybridized carbons (Fsp3) is 0.263. The number of nitrogens with zero attached hydrogens (tertiary/aromatic N) is 4. The minimum atomic E-state index is -0.743. The van der Waals surface area contributed by atoms with Crippen LogP contribution in [0.4, 0.5) is 22.7 Å². The summed E-state index contributed by atoms with van der Waals surface area (Å²) in [5.74, 6) is -3.44. The maximum Gasteiger partial charge on any atom is 0.238 e. The number of carbonyl (C=O) groups is 4. The summed E-state index contributed by atoms with van der Waals surface area (Å²) in [6.45, 7) is 1.61. The normalized spacial score (nSPS) is 23.5. The Labute approximate surface area is 277 Å². The van der Waals surface area contributed by atoms with E-state index in [1.807, 2.05) is 49.3 Å². The Hall–Kier alpha value is -5.64.